The lowest BCUT2D eigenvalue weighted by molar-refractivity contribution is -0.116. The van der Waals surface area contributed by atoms with Crippen molar-refractivity contribution < 1.29 is 9.59 Å². The number of carbonyl (C=O) groups excluding carboxylic acids is 2. The molecule has 0 fully saturated rings. The van der Waals surface area contributed by atoms with Crippen molar-refractivity contribution in [3.05, 3.63) is 50.8 Å². The number of nitrogens with zero attached hydrogens (tertiary/aromatic N) is 1. The predicted octanol–water partition coefficient (Wildman–Crippen LogP) is 4.97. The van der Waals surface area contributed by atoms with Gasteiger partial charge in [0.2, 0.25) is 5.91 Å². The Morgan fingerprint density at radius 2 is 2.08 bits per heavy atom. The molecule has 0 saturated carbocycles. The number of rotatable bonds is 3. The number of aromatic nitrogens is 1. The molecule has 5 nitrogen and oxygen atoms in total. The zero-order valence-electron chi connectivity index (χ0n) is 13.8. The van der Waals surface area contributed by atoms with Crippen molar-refractivity contribution >= 4 is 57.5 Å². The zero-order valence-corrected chi connectivity index (χ0v) is 16.1. The van der Waals surface area contributed by atoms with E-state index in [9.17, 15) is 9.59 Å². The summed E-state index contributed by atoms with van der Waals surface area (Å²) in [5.74, 6) is -0.163. The Bertz CT molecular complexity index is 1030. The number of nitrogens with one attached hydrogen (secondary N) is 2. The van der Waals surface area contributed by atoms with Gasteiger partial charge in [0.05, 0.1) is 14.9 Å². The number of benzene rings is 1. The lowest BCUT2D eigenvalue weighted by Crippen LogP contribution is -2.19. The van der Waals surface area contributed by atoms with Crippen molar-refractivity contribution in [2.24, 2.45) is 0 Å². The van der Waals surface area contributed by atoms with Crippen LogP contribution in [0.2, 0.25) is 4.34 Å². The molecular weight excluding hydrogens is 390 g/mol. The first-order chi connectivity index (χ1) is 12.5. The minimum Gasteiger partial charge on any atom is -0.326 e. The fraction of sp³-hybridized carbons (Fsp3) is 0.167. The molecule has 1 aromatic carbocycles. The van der Waals surface area contributed by atoms with Crippen LogP contribution in [0.15, 0.2) is 30.3 Å². The molecule has 3 aromatic rings. The van der Waals surface area contributed by atoms with E-state index in [2.05, 4.69) is 15.6 Å². The maximum absolute atomic E-state index is 12.7. The summed E-state index contributed by atoms with van der Waals surface area (Å²) < 4.78 is 0.694. The van der Waals surface area contributed by atoms with Crippen LogP contribution < -0.4 is 10.6 Å². The van der Waals surface area contributed by atoms with Crippen LogP contribution >= 0.6 is 34.3 Å². The van der Waals surface area contributed by atoms with Crippen LogP contribution in [0.3, 0.4) is 0 Å². The zero-order chi connectivity index (χ0) is 18.3. The highest BCUT2D eigenvalue weighted by Gasteiger charge is 2.19. The monoisotopic (exact) mass is 403 g/mol. The summed E-state index contributed by atoms with van der Waals surface area (Å²) in [6.45, 7) is 1.83. The first-order valence-corrected chi connectivity index (χ1v) is 9.98. The molecule has 4 rings (SSSR count). The van der Waals surface area contributed by atoms with Gasteiger partial charge in [0.25, 0.3) is 5.91 Å². The molecule has 2 amide bonds. The van der Waals surface area contributed by atoms with E-state index in [0.29, 0.717) is 33.4 Å². The molecule has 1 aliphatic heterocycles. The van der Waals surface area contributed by atoms with Crippen LogP contribution in [0, 0.1) is 6.92 Å². The van der Waals surface area contributed by atoms with Gasteiger partial charge in [-0.2, -0.15) is 0 Å². The molecular formula is C18H14ClN3O2S2. The summed E-state index contributed by atoms with van der Waals surface area (Å²) in [6.07, 6.45) is 1.14. The minimum absolute atomic E-state index is 0.0239. The van der Waals surface area contributed by atoms with Gasteiger partial charge < -0.3 is 10.6 Å². The highest BCUT2D eigenvalue weighted by atomic mass is 35.5. The Labute approximate surface area is 163 Å². The van der Waals surface area contributed by atoms with Crippen LogP contribution in [0.5, 0.6) is 0 Å². The molecule has 3 heterocycles. The second-order valence-electron chi connectivity index (χ2n) is 5.91. The Balaban J connectivity index is 1.55. The van der Waals surface area contributed by atoms with E-state index in [-0.39, 0.29) is 11.8 Å². The number of carbonyl (C=O) groups is 2. The number of thiophene rings is 1. The number of thiazole rings is 1. The third kappa shape index (κ3) is 3.38. The number of amides is 2. The van der Waals surface area contributed by atoms with Crippen molar-refractivity contribution in [2.45, 2.75) is 19.8 Å². The van der Waals surface area contributed by atoms with Crippen LogP contribution in [0.1, 0.15) is 27.3 Å². The van der Waals surface area contributed by atoms with E-state index in [1.54, 1.807) is 6.07 Å². The normalized spacial score (nSPS) is 13.2. The molecule has 0 bridgehead atoms. The molecule has 8 heteroatoms. The second-order valence-corrected chi connectivity index (χ2v) is 8.63. The summed E-state index contributed by atoms with van der Waals surface area (Å²) in [4.78, 5) is 30.1. The van der Waals surface area contributed by atoms with Gasteiger partial charge in [-0.15, -0.1) is 22.7 Å². The van der Waals surface area contributed by atoms with Crippen molar-refractivity contribution in [1.82, 2.24) is 4.98 Å². The maximum Gasteiger partial charge on any atom is 0.267 e. The standard InChI is InChI=1S/C18H14ClN3O2S2/c1-9-16(26-18(20-9)13-5-6-14(19)25-13)17(24)21-11-3-4-12-10(8-11)2-7-15(23)22-12/h3-6,8H,2,7H2,1H3,(H,21,24)(H,22,23). The van der Waals surface area contributed by atoms with Crippen molar-refractivity contribution in [3.63, 3.8) is 0 Å². The van der Waals surface area contributed by atoms with Gasteiger partial charge >= 0.3 is 0 Å². The highest BCUT2D eigenvalue weighted by Crippen LogP contribution is 2.35. The first kappa shape index (κ1) is 17.2. The summed E-state index contributed by atoms with van der Waals surface area (Å²) >= 11 is 8.78. The second kappa shape index (κ2) is 6.83. The largest absolute Gasteiger partial charge is 0.326 e. The van der Waals surface area contributed by atoms with Gasteiger partial charge in [-0.3, -0.25) is 9.59 Å². The smallest absolute Gasteiger partial charge is 0.267 e. The fourth-order valence-electron chi connectivity index (χ4n) is 2.79. The lowest BCUT2D eigenvalue weighted by atomic mass is 10.0. The number of anilines is 2. The molecule has 0 atom stereocenters. The summed E-state index contributed by atoms with van der Waals surface area (Å²) in [5.41, 5.74) is 3.23. The van der Waals surface area contributed by atoms with Gasteiger partial charge in [-0.05, 0) is 49.2 Å². The average molecular weight is 404 g/mol. The SMILES string of the molecule is Cc1nc(-c2ccc(Cl)s2)sc1C(=O)Nc1ccc2c(c1)CCC(=O)N2. The third-order valence-corrected chi connectivity index (χ3v) is 6.60. The van der Waals surface area contributed by atoms with Gasteiger partial charge in [0.1, 0.15) is 9.88 Å². The van der Waals surface area contributed by atoms with E-state index in [1.165, 1.54) is 22.7 Å². The van der Waals surface area contributed by atoms with E-state index in [1.807, 2.05) is 31.2 Å². The number of hydrogen-bond donors (Lipinski definition) is 2. The molecule has 0 radical (unpaired) electrons. The van der Waals surface area contributed by atoms with Crippen LogP contribution in [-0.2, 0) is 11.2 Å². The van der Waals surface area contributed by atoms with Crippen molar-refractivity contribution in [3.8, 4) is 9.88 Å². The fourth-order valence-corrected chi connectivity index (χ4v) is 4.85. The molecule has 0 saturated heterocycles. The van der Waals surface area contributed by atoms with Gasteiger partial charge in [0.15, 0.2) is 0 Å². The Morgan fingerprint density at radius 1 is 1.23 bits per heavy atom. The minimum atomic E-state index is -0.186. The molecule has 0 unspecified atom stereocenters. The number of aryl methyl sites for hydroxylation is 2. The van der Waals surface area contributed by atoms with Gasteiger partial charge in [0, 0.05) is 17.8 Å². The molecule has 1 aliphatic rings. The summed E-state index contributed by atoms with van der Waals surface area (Å²) in [5, 5.41) is 6.55. The van der Waals surface area contributed by atoms with E-state index in [4.69, 9.17) is 11.6 Å². The van der Waals surface area contributed by atoms with E-state index in [0.717, 1.165) is 21.1 Å². The third-order valence-electron chi connectivity index (χ3n) is 4.05. The predicted molar refractivity (Wildman–Crippen MR) is 107 cm³/mol. The topological polar surface area (TPSA) is 71.1 Å². The molecule has 26 heavy (non-hydrogen) atoms. The average Bonchev–Trinajstić information content (AvgIpc) is 3.21. The molecule has 0 aliphatic carbocycles. The van der Waals surface area contributed by atoms with Crippen LogP contribution in [-0.4, -0.2) is 16.8 Å². The molecule has 0 spiro atoms. The number of fused-ring (bicyclic) bond motifs is 1. The molecule has 132 valence electrons. The molecule has 2 aromatic heterocycles. The first-order valence-electron chi connectivity index (χ1n) is 7.97. The van der Waals surface area contributed by atoms with Crippen molar-refractivity contribution in [2.75, 3.05) is 10.6 Å². The lowest BCUT2D eigenvalue weighted by Gasteiger charge is -2.17. The van der Waals surface area contributed by atoms with Gasteiger partial charge in [-0.25, -0.2) is 4.98 Å². The quantitative estimate of drug-likeness (QED) is 0.648. The summed E-state index contributed by atoms with van der Waals surface area (Å²) in [6, 6.07) is 9.25. The molecule has 2 N–H and O–H groups in total. The van der Waals surface area contributed by atoms with E-state index < -0.39 is 0 Å². The summed E-state index contributed by atoms with van der Waals surface area (Å²) in [7, 11) is 0. The Kier molecular flexibility index (Phi) is 4.52. The van der Waals surface area contributed by atoms with Gasteiger partial charge in [-0.1, -0.05) is 11.6 Å². The Hall–Kier alpha value is -2.22. The number of halogens is 1. The van der Waals surface area contributed by atoms with Crippen LogP contribution in [0.25, 0.3) is 9.88 Å². The van der Waals surface area contributed by atoms with Crippen LogP contribution in [0.4, 0.5) is 11.4 Å². The Morgan fingerprint density at radius 3 is 2.85 bits per heavy atom. The van der Waals surface area contributed by atoms with E-state index >= 15 is 0 Å². The van der Waals surface area contributed by atoms with Crippen molar-refractivity contribution in [1.29, 1.82) is 0 Å². The maximum atomic E-state index is 12.7. The number of hydrogen-bond acceptors (Lipinski definition) is 5. The highest BCUT2D eigenvalue weighted by molar-refractivity contribution is 7.24.